The van der Waals surface area contributed by atoms with E-state index in [1.54, 1.807) is 0 Å². The van der Waals surface area contributed by atoms with E-state index in [9.17, 15) is 0 Å². The first-order valence-electron chi connectivity index (χ1n) is 7.92. The Kier molecular flexibility index (Phi) is 5.91. The van der Waals surface area contributed by atoms with Crippen molar-refractivity contribution in [3.8, 4) is 0 Å². The second-order valence-electron chi connectivity index (χ2n) is 6.54. The van der Waals surface area contributed by atoms with E-state index >= 15 is 0 Å². The van der Waals surface area contributed by atoms with Gasteiger partial charge in [0.05, 0.1) is 0 Å². The van der Waals surface area contributed by atoms with Gasteiger partial charge in [-0.1, -0.05) is 31.5 Å². The maximum absolute atomic E-state index is 6.45. The van der Waals surface area contributed by atoms with Gasteiger partial charge in [-0.2, -0.15) is 0 Å². The van der Waals surface area contributed by atoms with Crippen LogP contribution in [-0.4, -0.2) is 44.2 Å². The topological polar surface area (TPSA) is 18.5 Å². The van der Waals surface area contributed by atoms with Gasteiger partial charge in [0.15, 0.2) is 0 Å². The van der Waals surface area contributed by atoms with Crippen LogP contribution in [0.3, 0.4) is 0 Å². The highest BCUT2D eigenvalue weighted by Crippen LogP contribution is 2.29. The van der Waals surface area contributed by atoms with Crippen molar-refractivity contribution in [1.29, 1.82) is 0 Å². The number of nitrogens with zero attached hydrogens (tertiary/aromatic N) is 2. The first-order chi connectivity index (χ1) is 9.99. The van der Waals surface area contributed by atoms with Gasteiger partial charge in [-0.25, -0.2) is 0 Å². The molecule has 0 saturated carbocycles. The number of benzene rings is 1. The molecule has 2 rings (SSSR count). The number of hydrogen-bond acceptors (Lipinski definition) is 3. The van der Waals surface area contributed by atoms with Crippen molar-refractivity contribution < 1.29 is 0 Å². The first-order valence-corrected chi connectivity index (χ1v) is 8.30. The van der Waals surface area contributed by atoms with E-state index in [-0.39, 0.29) is 0 Å². The fourth-order valence-corrected chi connectivity index (χ4v) is 3.01. The normalized spacial score (nSPS) is 20.3. The van der Waals surface area contributed by atoms with Gasteiger partial charge in [-0.15, -0.1) is 0 Å². The summed E-state index contributed by atoms with van der Waals surface area (Å²) in [6.07, 6.45) is 0. The van der Waals surface area contributed by atoms with Crippen LogP contribution in [0.15, 0.2) is 18.2 Å². The Balaban J connectivity index is 2.13. The smallest absolute Gasteiger partial charge is 0.0471 e. The highest BCUT2D eigenvalue weighted by Gasteiger charge is 2.23. The molecule has 118 valence electrons. The van der Waals surface area contributed by atoms with E-state index in [1.165, 1.54) is 11.3 Å². The standard InChI is InChI=1S/C17H28ClN3/c1-13(2)10-19-11-15-16(18)6-5-7-17(15)21-9-8-20(4)14(3)12-21/h5-7,13-14,19H,8-12H2,1-4H3. The average molecular weight is 310 g/mol. The average Bonchev–Trinajstić information content (AvgIpc) is 2.43. The van der Waals surface area contributed by atoms with E-state index in [0.717, 1.165) is 37.7 Å². The molecule has 1 fully saturated rings. The molecule has 1 saturated heterocycles. The first kappa shape index (κ1) is 16.6. The molecule has 0 radical (unpaired) electrons. The Morgan fingerprint density at radius 2 is 2.10 bits per heavy atom. The molecule has 1 atom stereocenters. The quantitative estimate of drug-likeness (QED) is 0.901. The molecule has 1 heterocycles. The summed E-state index contributed by atoms with van der Waals surface area (Å²) in [6.45, 7) is 11.8. The van der Waals surface area contributed by atoms with Gasteiger partial charge < -0.3 is 15.1 Å². The summed E-state index contributed by atoms with van der Waals surface area (Å²) < 4.78 is 0. The Morgan fingerprint density at radius 1 is 1.33 bits per heavy atom. The third-order valence-electron chi connectivity index (χ3n) is 4.25. The minimum absolute atomic E-state index is 0.578. The molecule has 1 aliphatic rings. The third-order valence-corrected chi connectivity index (χ3v) is 4.60. The maximum atomic E-state index is 6.45. The molecule has 3 nitrogen and oxygen atoms in total. The predicted molar refractivity (Wildman–Crippen MR) is 92.3 cm³/mol. The molecule has 0 spiro atoms. The fraction of sp³-hybridized carbons (Fsp3) is 0.647. The van der Waals surface area contributed by atoms with Crippen LogP contribution in [0.1, 0.15) is 26.3 Å². The van der Waals surface area contributed by atoms with Crippen molar-refractivity contribution in [2.45, 2.75) is 33.4 Å². The molecule has 0 amide bonds. The van der Waals surface area contributed by atoms with Crippen LogP contribution in [0.4, 0.5) is 5.69 Å². The molecule has 0 aliphatic carbocycles. The van der Waals surface area contributed by atoms with Gasteiger partial charge in [0, 0.05) is 48.5 Å². The summed E-state index contributed by atoms with van der Waals surface area (Å²) in [4.78, 5) is 4.89. The number of anilines is 1. The third kappa shape index (κ3) is 4.35. The van der Waals surface area contributed by atoms with Gasteiger partial charge in [-0.3, -0.25) is 0 Å². The minimum atomic E-state index is 0.578. The molecule has 1 unspecified atom stereocenters. The lowest BCUT2D eigenvalue weighted by molar-refractivity contribution is 0.234. The van der Waals surface area contributed by atoms with Gasteiger partial charge >= 0.3 is 0 Å². The van der Waals surface area contributed by atoms with Crippen LogP contribution in [0.2, 0.25) is 5.02 Å². The van der Waals surface area contributed by atoms with Crippen LogP contribution in [0.5, 0.6) is 0 Å². The van der Waals surface area contributed by atoms with Crippen LogP contribution in [0, 0.1) is 5.92 Å². The van der Waals surface area contributed by atoms with E-state index in [1.807, 2.05) is 6.07 Å². The summed E-state index contributed by atoms with van der Waals surface area (Å²) in [6, 6.07) is 6.84. The molecule has 1 N–H and O–H groups in total. The Morgan fingerprint density at radius 3 is 2.76 bits per heavy atom. The van der Waals surface area contributed by atoms with Crippen LogP contribution in [-0.2, 0) is 6.54 Å². The van der Waals surface area contributed by atoms with E-state index in [2.05, 4.69) is 55.1 Å². The summed E-state index contributed by atoms with van der Waals surface area (Å²) in [7, 11) is 2.20. The highest BCUT2D eigenvalue weighted by molar-refractivity contribution is 6.31. The lowest BCUT2D eigenvalue weighted by atomic mass is 10.1. The zero-order chi connectivity index (χ0) is 15.4. The van der Waals surface area contributed by atoms with Crippen molar-refractivity contribution in [3.05, 3.63) is 28.8 Å². The van der Waals surface area contributed by atoms with Crippen molar-refractivity contribution in [2.75, 3.05) is 38.1 Å². The lowest BCUT2D eigenvalue weighted by Crippen LogP contribution is -2.50. The van der Waals surface area contributed by atoms with Crippen molar-refractivity contribution in [2.24, 2.45) is 5.92 Å². The second-order valence-corrected chi connectivity index (χ2v) is 6.95. The summed E-state index contributed by atoms with van der Waals surface area (Å²) in [5, 5.41) is 4.39. The predicted octanol–water partition coefficient (Wildman–Crippen LogP) is 3.23. The number of hydrogen-bond donors (Lipinski definition) is 1. The van der Waals surface area contributed by atoms with E-state index in [4.69, 9.17) is 11.6 Å². The Bertz CT molecular complexity index is 461. The van der Waals surface area contributed by atoms with Gasteiger partial charge in [-0.05, 0) is 38.6 Å². The van der Waals surface area contributed by atoms with Crippen LogP contribution < -0.4 is 10.2 Å². The molecule has 4 heteroatoms. The molecule has 1 aromatic carbocycles. The monoisotopic (exact) mass is 309 g/mol. The van der Waals surface area contributed by atoms with Gasteiger partial charge in [0.1, 0.15) is 0 Å². The Hall–Kier alpha value is -0.770. The van der Waals surface area contributed by atoms with Crippen molar-refractivity contribution >= 4 is 17.3 Å². The molecule has 0 bridgehead atoms. The van der Waals surface area contributed by atoms with Gasteiger partial charge in [0.25, 0.3) is 0 Å². The maximum Gasteiger partial charge on any atom is 0.0471 e. The molecular weight excluding hydrogens is 282 g/mol. The number of rotatable bonds is 5. The van der Waals surface area contributed by atoms with Crippen molar-refractivity contribution in [1.82, 2.24) is 10.2 Å². The summed E-state index contributed by atoms with van der Waals surface area (Å²) in [5.41, 5.74) is 2.52. The molecule has 1 aliphatic heterocycles. The SMILES string of the molecule is CC(C)CNCc1c(Cl)cccc1N1CCN(C)C(C)C1. The number of piperazine rings is 1. The molecular formula is C17H28ClN3. The van der Waals surface area contributed by atoms with Gasteiger partial charge in [0.2, 0.25) is 0 Å². The zero-order valence-electron chi connectivity index (χ0n) is 13.7. The molecule has 0 aromatic heterocycles. The van der Waals surface area contributed by atoms with E-state index < -0.39 is 0 Å². The summed E-state index contributed by atoms with van der Waals surface area (Å²) >= 11 is 6.45. The molecule has 1 aromatic rings. The van der Waals surface area contributed by atoms with E-state index in [0.29, 0.717) is 12.0 Å². The number of halogens is 1. The summed E-state index contributed by atoms with van der Waals surface area (Å²) in [5.74, 6) is 0.652. The number of nitrogens with one attached hydrogen (secondary N) is 1. The highest BCUT2D eigenvalue weighted by atomic mass is 35.5. The minimum Gasteiger partial charge on any atom is -0.368 e. The van der Waals surface area contributed by atoms with Crippen LogP contribution >= 0.6 is 11.6 Å². The zero-order valence-corrected chi connectivity index (χ0v) is 14.5. The number of likely N-dealkylation sites (N-methyl/N-ethyl adjacent to an activating group) is 1. The lowest BCUT2D eigenvalue weighted by Gasteiger charge is -2.40. The van der Waals surface area contributed by atoms with Crippen LogP contribution in [0.25, 0.3) is 0 Å². The van der Waals surface area contributed by atoms with Crippen molar-refractivity contribution in [3.63, 3.8) is 0 Å². The largest absolute Gasteiger partial charge is 0.368 e. The molecule has 21 heavy (non-hydrogen) atoms. The fourth-order valence-electron chi connectivity index (χ4n) is 2.77. The second kappa shape index (κ2) is 7.48. The Labute approximate surface area is 134 Å².